The molecule has 1 saturated heterocycles. The van der Waals surface area contributed by atoms with Crippen LogP contribution < -0.4 is 5.32 Å². The fourth-order valence-corrected chi connectivity index (χ4v) is 8.24. The van der Waals surface area contributed by atoms with Gasteiger partial charge in [0.2, 0.25) is 5.91 Å². The van der Waals surface area contributed by atoms with Gasteiger partial charge >= 0.3 is 6.09 Å². The molecule has 3 fully saturated rings. The second-order valence-electron chi connectivity index (χ2n) is 13.5. The van der Waals surface area contributed by atoms with Crippen molar-refractivity contribution in [1.29, 1.82) is 0 Å². The van der Waals surface area contributed by atoms with Crippen molar-refractivity contribution in [2.45, 2.75) is 70.1 Å². The number of alkyl carbamates (subject to hydrolysis) is 1. The van der Waals surface area contributed by atoms with E-state index in [2.05, 4.69) is 75.7 Å². The lowest BCUT2D eigenvalue weighted by Crippen LogP contribution is -2.54. The number of aromatic amines is 2. The van der Waals surface area contributed by atoms with Gasteiger partial charge in [0.25, 0.3) is 0 Å². The molecule has 47 heavy (non-hydrogen) atoms. The van der Waals surface area contributed by atoms with Crippen LogP contribution in [-0.4, -0.2) is 69.7 Å². The summed E-state index contributed by atoms with van der Waals surface area (Å²) in [5.41, 5.74) is 6.40. The standard InChI is InChI=1S/C37H44N6O4/c1-21-27-15-16-28(18-27)32(21)35-39-20-30(41-35)26-13-9-24(10-14-26)23-7-11-25(12-8-23)29-19-38-34(40-29)31-6-5-17-43(31)36(44)33(22(2)46-3)42-37(45)47-4/h7-14,19-22,27-28,31-33H,5-6,15-18H2,1-4H3,(H,38,40)(H,39,41)(H,42,45)/t21-,22?,27?,28?,31?,32?,33?/m0/s1. The van der Waals surface area contributed by atoms with Crippen LogP contribution in [0.4, 0.5) is 4.79 Å². The molecule has 2 saturated carbocycles. The highest BCUT2D eigenvalue weighted by Crippen LogP contribution is 2.55. The van der Waals surface area contributed by atoms with Gasteiger partial charge in [-0.2, -0.15) is 0 Å². The maximum atomic E-state index is 13.6. The third-order valence-electron chi connectivity index (χ3n) is 11.0. The Hall–Kier alpha value is -4.44. The van der Waals surface area contributed by atoms with Crippen LogP contribution in [-0.2, 0) is 14.3 Å². The quantitative estimate of drug-likeness (QED) is 0.188. The Morgan fingerprint density at radius 3 is 2.00 bits per heavy atom. The Labute approximate surface area is 275 Å². The van der Waals surface area contributed by atoms with Gasteiger partial charge in [0.1, 0.15) is 17.7 Å². The summed E-state index contributed by atoms with van der Waals surface area (Å²) in [5.74, 6) is 4.61. The summed E-state index contributed by atoms with van der Waals surface area (Å²) in [5, 5.41) is 2.63. The molecule has 3 aliphatic rings. The van der Waals surface area contributed by atoms with Crippen LogP contribution in [0.5, 0.6) is 0 Å². The molecule has 1 aliphatic heterocycles. The molecular weight excluding hydrogens is 592 g/mol. The number of ether oxygens (including phenoxy) is 2. The predicted octanol–water partition coefficient (Wildman–Crippen LogP) is 6.71. The Balaban J connectivity index is 1.02. The van der Waals surface area contributed by atoms with Crippen molar-refractivity contribution in [3.05, 3.63) is 72.6 Å². The van der Waals surface area contributed by atoms with Gasteiger partial charge in [-0.15, -0.1) is 0 Å². The minimum absolute atomic E-state index is 0.219. The van der Waals surface area contributed by atoms with Crippen molar-refractivity contribution in [2.75, 3.05) is 20.8 Å². The number of carbonyl (C=O) groups is 2. The zero-order chi connectivity index (χ0) is 32.7. The number of nitrogens with one attached hydrogen (secondary N) is 3. The van der Waals surface area contributed by atoms with Gasteiger partial charge in [0.15, 0.2) is 0 Å². The number of aromatic nitrogens is 4. The normalized spacial score (nSPS) is 24.8. The van der Waals surface area contributed by atoms with Crippen LogP contribution in [0.3, 0.4) is 0 Å². The molecule has 6 unspecified atom stereocenters. The van der Waals surface area contributed by atoms with E-state index in [1.165, 1.54) is 33.5 Å². The molecule has 246 valence electrons. The number of hydrogen-bond acceptors (Lipinski definition) is 6. The largest absolute Gasteiger partial charge is 0.453 e. The van der Waals surface area contributed by atoms with E-state index < -0.39 is 18.2 Å². The van der Waals surface area contributed by atoms with E-state index in [-0.39, 0.29) is 11.9 Å². The highest BCUT2D eigenvalue weighted by Gasteiger charge is 2.47. The number of methoxy groups -OCH3 is 2. The van der Waals surface area contributed by atoms with Crippen LogP contribution in [0.1, 0.15) is 69.6 Å². The van der Waals surface area contributed by atoms with Crippen molar-refractivity contribution in [2.24, 2.45) is 17.8 Å². The molecule has 2 bridgehead atoms. The average molecular weight is 637 g/mol. The summed E-state index contributed by atoms with van der Waals surface area (Å²) in [6.45, 7) is 4.73. The Morgan fingerprint density at radius 1 is 0.851 bits per heavy atom. The topological polar surface area (TPSA) is 125 Å². The second-order valence-corrected chi connectivity index (χ2v) is 13.5. The van der Waals surface area contributed by atoms with Gasteiger partial charge in [-0.05, 0) is 79.0 Å². The molecule has 2 aromatic carbocycles. The molecule has 2 amide bonds. The molecular formula is C37H44N6O4. The number of amides is 2. The van der Waals surface area contributed by atoms with Gasteiger partial charge in [-0.25, -0.2) is 14.8 Å². The third kappa shape index (κ3) is 5.95. The van der Waals surface area contributed by atoms with Gasteiger partial charge in [-0.3, -0.25) is 4.79 Å². The van der Waals surface area contributed by atoms with Crippen LogP contribution in [0.25, 0.3) is 33.6 Å². The second kappa shape index (κ2) is 13.0. The number of fused-ring (bicyclic) bond motifs is 2. The predicted molar refractivity (Wildman–Crippen MR) is 179 cm³/mol. The van der Waals surface area contributed by atoms with Crippen molar-refractivity contribution in [3.8, 4) is 33.6 Å². The monoisotopic (exact) mass is 636 g/mol. The van der Waals surface area contributed by atoms with E-state index in [1.54, 1.807) is 11.8 Å². The zero-order valence-electron chi connectivity index (χ0n) is 27.5. The highest BCUT2D eigenvalue weighted by atomic mass is 16.5. The van der Waals surface area contributed by atoms with Gasteiger partial charge in [0, 0.05) is 19.6 Å². The molecule has 7 rings (SSSR count). The molecule has 7 atom stereocenters. The van der Waals surface area contributed by atoms with Crippen molar-refractivity contribution < 1.29 is 19.1 Å². The van der Waals surface area contributed by atoms with E-state index in [9.17, 15) is 9.59 Å². The Bertz CT molecular complexity index is 1710. The molecule has 3 heterocycles. The summed E-state index contributed by atoms with van der Waals surface area (Å²) in [6.07, 6.45) is 8.33. The molecule has 10 heteroatoms. The van der Waals surface area contributed by atoms with E-state index in [0.29, 0.717) is 18.4 Å². The van der Waals surface area contributed by atoms with E-state index in [4.69, 9.17) is 14.5 Å². The summed E-state index contributed by atoms with van der Waals surface area (Å²) in [4.78, 5) is 43.9. The molecule has 0 radical (unpaired) electrons. The molecule has 3 N–H and O–H groups in total. The van der Waals surface area contributed by atoms with Crippen LogP contribution in [0.2, 0.25) is 0 Å². The molecule has 10 nitrogen and oxygen atoms in total. The lowest BCUT2D eigenvalue weighted by atomic mass is 9.80. The first-order valence-electron chi connectivity index (χ1n) is 16.8. The van der Waals surface area contributed by atoms with Gasteiger partial charge in [-0.1, -0.05) is 55.5 Å². The molecule has 0 spiro atoms. The minimum atomic E-state index is -0.864. The fraction of sp³-hybridized carbons (Fsp3) is 0.459. The van der Waals surface area contributed by atoms with Crippen LogP contribution in [0, 0.1) is 17.8 Å². The van der Waals surface area contributed by atoms with Crippen LogP contribution >= 0.6 is 0 Å². The van der Waals surface area contributed by atoms with E-state index >= 15 is 0 Å². The number of hydrogen-bond donors (Lipinski definition) is 3. The minimum Gasteiger partial charge on any atom is -0.453 e. The number of likely N-dealkylation sites (tertiary alicyclic amines) is 1. The summed E-state index contributed by atoms with van der Waals surface area (Å²) < 4.78 is 10.1. The molecule has 2 aromatic heterocycles. The fourth-order valence-electron chi connectivity index (χ4n) is 8.24. The maximum Gasteiger partial charge on any atom is 0.407 e. The first-order valence-corrected chi connectivity index (χ1v) is 16.8. The van der Waals surface area contributed by atoms with E-state index in [0.717, 1.165) is 70.0 Å². The lowest BCUT2D eigenvalue weighted by Gasteiger charge is -2.30. The Kier molecular flexibility index (Phi) is 8.61. The lowest BCUT2D eigenvalue weighted by molar-refractivity contribution is -0.137. The van der Waals surface area contributed by atoms with Crippen molar-refractivity contribution in [3.63, 3.8) is 0 Å². The van der Waals surface area contributed by atoms with Crippen molar-refractivity contribution >= 4 is 12.0 Å². The highest BCUT2D eigenvalue weighted by molar-refractivity contribution is 5.87. The summed E-state index contributed by atoms with van der Waals surface area (Å²) in [7, 11) is 2.79. The summed E-state index contributed by atoms with van der Waals surface area (Å²) in [6, 6.07) is 16.0. The number of benzene rings is 2. The number of rotatable bonds is 9. The van der Waals surface area contributed by atoms with Gasteiger partial charge < -0.3 is 29.7 Å². The van der Waals surface area contributed by atoms with Crippen molar-refractivity contribution in [1.82, 2.24) is 30.2 Å². The molecule has 4 aromatic rings. The average Bonchev–Trinajstić information content (AvgIpc) is 3.95. The summed E-state index contributed by atoms with van der Waals surface area (Å²) >= 11 is 0. The number of imidazole rings is 2. The molecule has 2 aliphatic carbocycles. The number of carbonyl (C=O) groups excluding carboxylic acids is 2. The SMILES string of the molecule is COC(=O)NC(C(=O)N1CCCC1c1ncc(-c2ccc(-c3ccc(-c4cnc(C5C6CCC(C6)[C@@H]5C)[nH]4)cc3)cc2)[nH]1)C(C)OC. The van der Waals surface area contributed by atoms with Crippen LogP contribution in [0.15, 0.2) is 60.9 Å². The van der Waals surface area contributed by atoms with Gasteiger partial charge in [0.05, 0.1) is 43.0 Å². The smallest absolute Gasteiger partial charge is 0.407 e. The first-order chi connectivity index (χ1) is 22.8. The first kappa shape index (κ1) is 31.2. The number of H-pyrrole nitrogens is 2. The maximum absolute atomic E-state index is 13.6. The zero-order valence-corrected chi connectivity index (χ0v) is 27.5. The third-order valence-corrected chi connectivity index (χ3v) is 11.0. The number of nitrogens with zero attached hydrogens (tertiary/aromatic N) is 3. The van der Waals surface area contributed by atoms with E-state index in [1.807, 2.05) is 12.4 Å². The Morgan fingerprint density at radius 2 is 1.43 bits per heavy atom.